The summed E-state index contributed by atoms with van der Waals surface area (Å²) in [4.78, 5) is 15.2. The average Bonchev–Trinajstić information content (AvgIpc) is 2.53. The SMILES string of the molecule is O=C(OCCCOCc1ccccc1)Oc1ccccn1. The maximum absolute atomic E-state index is 11.3. The molecule has 0 radical (unpaired) electrons. The number of nitrogens with zero attached hydrogens (tertiary/aromatic N) is 1. The van der Waals surface area contributed by atoms with Crippen molar-refractivity contribution < 1.29 is 19.0 Å². The molecule has 0 aliphatic heterocycles. The van der Waals surface area contributed by atoms with Gasteiger partial charge in [-0.1, -0.05) is 36.4 Å². The summed E-state index contributed by atoms with van der Waals surface area (Å²) in [5.74, 6) is 0.225. The van der Waals surface area contributed by atoms with Crippen LogP contribution in [0.4, 0.5) is 4.79 Å². The highest BCUT2D eigenvalue weighted by Gasteiger charge is 2.05. The second-order valence-corrected chi connectivity index (χ2v) is 4.26. The van der Waals surface area contributed by atoms with E-state index in [2.05, 4.69) is 4.98 Å². The zero-order chi connectivity index (χ0) is 14.8. The molecular weight excluding hydrogens is 270 g/mol. The number of aromatic nitrogens is 1. The predicted molar refractivity (Wildman–Crippen MR) is 76.9 cm³/mol. The molecule has 0 saturated carbocycles. The Kier molecular flexibility index (Phi) is 6.22. The Hall–Kier alpha value is -2.40. The van der Waals surface area contributed by atoms with Crippen molar-refractivity contribution in [2.24, 2.45) is 0 Å². The molecule has 2 aromatic rings. The molecule has 2 rings (SSSR count). The summed E-state index contributed by atoms with van der Waals surface area (Å²) in [6.07, 6.45) is 1.40. The van der Waals surface area contributed by atoms with Crippen LogP contribution in [0.5, 0.6) is 5.88 Å². The molecule has 0 amide bonds. The molecule has 0 unspecified atom stereocenters. The Morgan fingerprint density at radius 3 is 2.57 bits per heavy atom. The van der Waals surface area contributed by atoms with Gasteiger partial charge in [-0.15, -0.1) is 0 Å². The molecule has 21 heavy (non-hydrogen) atoms. The highest BCUT2D eigenvalue weighted by Crippen LogP contribution is 2.05. The molecule has 0 atom stereocenters. The maximum atomic E-state index is 11.3. The summed E-state index contributed by atoms with van der Waals surface area (Å²) in [6, 6.07) is 15.0. The van der Waals surface area contributed by atoms with Crippen molar-refractivity contribution in [2.45, 2.75) is 13.0 Å². The molecule has 5 heteroatoms. The molecule has 110 valence electrons. The summed E-state index contributed by atoms with van der Waals surface area (Å²) in [6.45, 7) is 1.32. The lowest BCUT2D eigenvalue weighted by atomic mass is 10.2. The van der Waals surface area contributed by atoms with Gasteiger partial charge < -0.3 is 14.2 Å². The number of ether oxygens (including phenoxy) is 3. The van der Waals surface area contributed by atoms with Crippen LogP contribution in [0, 0.1) is 0 Å². The van der Waals surface area contributed by atoms with E-state index in [1.54, 1.807) is 24.4 Å². The van der Waals surface area contributed by atoms with Crippen molar-refractivity contribution in [3.8, 4) is 5.88 Å². The lowest BCUT2D eigenvalue weighted by molar-refractivity contribution is 0.0722. The minimum Gasteiger partial charge on any atom is -0.434 e. The number of carbonyl (C=O) groups is 1. The average molecular weight is 287 g/mol. The van der Waals surface area contributed by atoms with Gasteiger partial charge in [-0.2, -0.15) is 0 Å². The van der Waals surface area contributed by atoms with Gasteiger partial charge in [-0.05, 0) is 11.6 Å². The van der Waals surface area contributed by atoms with Gasteiger partial charge in [0.1, 0.15) is 0 Å². The number of carbonyl (C=O) groups excluding carboxylic acids is 1. The van der Waals surface area contributed by atoms with E-state index in [-0.39, 0.29) is 12.5 Å². The van der Waals surface area contributed by atoms with Crippen LogP contribution >= 0.6 is 0 Å². The second kappa shape index (κ2) is 8.71. The van der Waals surface area contributed by atoms with Crippen LogP contribution in [0.1, 0.15) is 12.0 Å². The molecule has 5 nitrogen and oxygen atoms in total. The van der Waals surface area contributed by atoms with Crippen LogP contribution in [0.15, 0.2) is 54.7 Å². The lowest BCUT2D eigenvalue weighted by Gasteiger charge is -2.06. The number of pyridine rings is 1. The van der Waals surface area contributed by atoms with E-state index in [0.717, 1.165) is 5.56 Å². The molecular formula is C16H17NO4. The third kappa shape index (κ3) is 6.05. The number of benzene rings is 1. The number of hydrogen-bond acceptors (Lipinski definition) is 5. The smallest absolute Gasteiger partial charge is 0.434 e. The van der Waals surface area contributed by atoms with E-state index < -0.39 is 6.16 Å². The van der Waals surface area contributed by atoms with Gasteiger partial charge in [0.15, 0.2) is 0 Å². The molecule has 0 aliphatic carbocycles. The van der Waals surface area contributed by atoms with Gasteiger partial charge in [0.05, 0.1) is 19.8 Å². The van der Waals surface area contributed by atoms with E-state index in [4.69, 9.17) is 14.2 Å². The Labute approximate surface area is 123 Å². The fourth-order valence-electron chi connectivity index (χ4n) is 1.60. The van der Waals surface area contributed by atoms with E-state index in [9.17, 15) is 4.79 Å². The first-order chi connectivity index (χ1) is 10.3. The molecule has 0 fully saturated rings. The van der Waals surface area contributed by atoms with Crippen LogP contribution in [-0.4, -0.2) is 24.4 Å². The molecule has 0 bridgehead atoms. The van der Waals surface area contributed by atoms with Gasteiger partial charge in [0.2, 0.25) is 5.88 Å². The van der Waals surface area contributed by atoms with Crippen molar-refractivity contribution in [2.75, 3.05) is 13.2 Å². The quantitative estimate of drug-likeness (QED) is 0.578. The predicted octanol–water partition coefficient (Wildman–Crippen LogP) is 3.20. The van der Waals surface area contributed by atoms with Gasteiger partial charge in [-0.3, -0.25) is 0 Å². The summed E-state index contributed by atoms with van der Waals surface area (Å²) in [5.41, 5.74) is 1.12. The summed E-state index contributed by atoms with van der Waals surface area (Å²) < 4.78 is 15.3. The van der Waals surface area contributed by atoms with Gasteiger partial charge >= 0.3 is 6.16 Å². The van der Waals surface area contributed by atoms with Gasteiger partial charge in [0, 0.05) is 18.7 Å². The lowest BCUT2D eigenvalue weighted by Crippen LogP contribution is -2.13. The van der Waals surface area contributed by atoms with Crippen LogP contribution < -0.4 is 4.74 Å². The Balaban J connectivity index is 1.52. The minimum absolute atomic E-state index is 0.225. The van der Waals surface area contributed by atoms with Gasteiger partial charge in [0.25, 0.3) is 0 Å². The van der Waals surface area contributed by atoms with E-state index in [1.807, 2.05) is 30.3 Å². The van der Waals surface area contributed by atoms with Crippen molar-refractivity contribution in [3.63, 3.8) is 0 Å². The highest BCUT2D eigenvalue weighted by molar-refractivity contribution is 5.62. The standard InChI is InChI=1S/C16H17NO4/c18-16(21-15-9-4-5-10-17-15)20-12-6-11-19-13-14-7-2-1-3-8-14/h1-5,7-10H,6,11-13H2. The topological polar surface area (TPSA) is 57.7 Å². The molecule has 1 aromatic heterocycles. The van der Waals surface area contributed by atoms with Crippen LogP contribution in [0.2, 0.25) is 0 Å². The normalized spacial score (nSPS) is 10.1. The Morgan fingerprint density at radius 1 is 1.00 bits per heavy atom. The molecule has 1 heterocycles. The largest absolute Gasteiger partial charge is 0.515 e. The minimum atomic E-state index is -0.753. The van der Waals surface area contributed by atoms with Gasteiger partial charge in [-0.25, -0.2) is 9.78 Å². The van der Waals surface area contributed by atoms with E-state index in [1.165, 1.54) is 0 Å². The highest BCUT2D eigenvalue weighted by atomic mass is 16.7. The number of rotatable bonds is 7. The van der Waals surface area contributed by atoms with E-state index in [0.29, 0.717) is 19.6 Å². The molecule has 0 saturated heterocycles. The third-order valence-corrected chi connectivity index (χ3v) is 2.59. The Morgan fingerprint density at radius 2 is 1.81 bits per heavy atom. The first-order valence-electron chi connectivity index (χ1n) is 6.72. The zero-order valence-electron chi connectivity index (χ0n) is 11.6. The molecule has 0 spiro atoms. The monoisotopic (exact) mass is 287 g/mol. The second-order valence-electron chi connectivity index (χ2n) is 4.26. The van der Waals surface area contributed by atoms with Crippen molar-refractivity contribution in [3.05, 3.63) is 60.3 Å². The fraction of sp³-hybridized carbons (Fsp3) is 0.250. The van der Waals surface area contributed by atoms with E-state index >= 15 is 0 Å². The molecule has 1 aromatic carbocycles. The first kappa shape index (κ1) is 15.0. The maximum Gasteiger partial charge on any atom is 0.515 e. The van der Waals surface area contributed by atoms with Crippen molar-refractivity contribution in [1.82, 2.24) is 4.98 Å². The third-order valence-electron chi connectivity index (χ3n) is 2.59. The van der Waals surface area contributed by atoms with Crippen LogP contribution in [0.25, 0.3) is 0 Å². The fourth-order valence-corrected chi connectivity index (χ4v) is 1.60. The van der Waals surface area contributed by atoms with Crippen molar-refractivity contribution in [1.29, 1.82) is 0 Å². The number of hydrogen-bond donors (Lipinski definition) is 0. The molecule has 0 N–H and O–H groups in total. The van der Waals surface area contributed by atoms with Crippen molar-refractivity contribution >= 4 is 6.16 Å². The summed E-state index contributed by atoms with van der Waals surface area (Å²) in [7, 11) is 0. The summed E-state index contributed by atoms with van der Waals surface area (Å²) in [5, 5.41) is 0. The van der Waals surface area contributed by atoms with Crippen LogP contribution in [-0.2, 0) is 16.1 Å². The summed E-state index contributed by atoms with van der Waals surface area (Å²) >= 11 is 0. The Bertz CT molecular complexity index is 530. The van der Waals surface area contributed by atoms with Crippen LogP contribution in [0.3, 0.4) is 0 Å². The first-order valence-corrected chi connectivity index (χ1v) is 6.72. The zero-order valence-corrected chi connectivity index (χ0v) is 11.6. The molecule has 0 aliphatic rings.